The van der Waals surface area contributed by atoms with Gasteiger partial charge in [-0.1, -0.05) is 18.5 Å². The first-order chi connectivity index (χ1) is 7.90. The summed E-state index contributed by atoms with van der Waals surface area (Å²) in [6.07, 6.45) is 0.0366. The molecule has 0 aliphatic carbocycles. The van der Waals surface area contributed by atoms with Crippen molar-refractivity contribution in [1.82, 2.24) is 0 Å². The van der Waals surface area contributed by atoms with Gasteiger partial charge in [0.1, 0.15) is 5.82 Å². The lowest BCUT2D eigenvalue weighted by atomic mass is 9.97. The van der Waals surface area contributed by atoms with Gasteiger partial charge in [0.2, 0.25) is 0 Å². The van der Waals surface area contributed by atoms with E-state index in [1.165, 1.54) is 12.1 Å². The predicted octanol–water partition coefficient (Wildman–Crippen LogP) is 3.16. The summed E-state index contributed by atoms with van der Waals surface area (Å²) in [5, 5.41) is 8.46. The lowest BCUT2D eigenvalue weighted by molar-refractivity contribution is -0.137. The van der Waals surface area contributed by atoms with Gasteiger partial charge in [-0.25, -0.2) is 4.39 Å². The molecule has 0 aliphatic rings. The van der Waals surface area contributed by atoms with E-state index in [0.29, 0.717) is 5.56 Å². The Morgan fingerprint density at radius 1 is 1.41 bits per heavy atom. The average Bonchev–Trinajstić information content (AvgIpc) is 2.20. The molecule has 3 nitrogen and oxygen atoms in total. The highest BCUT2D eigenvalue weighted by Gasteiger charge is 2.15. The average molecular weight is 259 g/mol. The van der Waals surface area contributed by atoms with E-state index in [-0.39, 0.29) is 29.6 Å². The van der Waals surface area contributed by atoms with Crippen LogP contribution in [0, 0.1) is 11.7 Å². The summed E-state index contributed by atoms with van der Waals surface area (Å²) >= 11 is 5.56. The third kappa shape index (κ3) is 4.15. The molecule has 17 heavy (non-hydrogen) atoms. The van der Waals surface area contributed by atoms with Crippen LogP contribution in [0.5, 0.6) is 0 Å². The Hall–Kier alpha value is -1.42. The lowest BCUT2D eigenvalue weighted by Gasteiger charge is -2.07. The van der Waals surface area contributed by atoms with E-state index in [2.05, 4.69) is 0 Å². The molecular formula is C12H12ClFO3. The molecule has 0 bridgehead atoms. The van der Waals surface area contributed by atoms with E-state index in [1.54, 1.807) is 6.92 Å². The first-order valence-electron chi connectivity index (χ1n) is 5.10. The number of aliphatic carboxylic acids is 1. The number of ketones is 1. The van der Waals surface area contributed by atoms with Gasteiger partial charge in [0, 0.05) is 18.4 Å². The van der Waals surface area contributed by atoms with E-state index in [4.69, 9.17) is 16.7 Å². The second kappa shape index (κ2) is 5.77. The topological polar surface area (TPSA) is 54.4 Å². The van der Waals surface area contributed by atoms with Gasteiger partial charge in [0.15, 0.2) is 5.78 Å². The molecule has 0 spiro atoms. The van der Waals surface area contributed by atoms with Crippen molar-refractivity contribution in [2.75, 3.05) is 0 Å². The number of Topliss-reactive ketones (excluding diaryl/α,β-unsaturated/α-hetero) is 1. The van der Waals surface area contributed by atoms with Crippen LogP contribution >= 0.6 is 11.6 Å². The Morgan fingerprint density at radius 3 is 2.59 bits per heavy atom. The fourth-order valence-corrected chi connectivity index (χ4v) is 1.65. The normalized spacial score (nSPS) is 12.2. The van der Waals surface area contributed by atoms with Crippen LogP contribution in [0.4, 0.5) is 4.39 Å². The standard InChI is InChI=1S/C12H12ClFO3/c1-7(5-12(16)17)4-11(15)8-2-3-10(14)9(13)6-8/h2-3,6-7H,4-5H2,1H3,(H,16,17). The summed E-state index contributed by atoms with van der Waals surface area (Å²) in [6, 6.07) is 3.72. The number of carboxylic acid groups (broad SMARTS) is 1. The molecule has 0 saturated carbocycles. The first-order valence-corrected chi connectivity index (χ1v) is 5.48. The van der Waals surface area contributed by atoms with Crippen LogP contribution in [0.2, 0.25) is 5.02 Å². The number of rotatable bonds is 5. The van der Waals surface area contributed by atoms with Crippen molar-refractivity contribution in [2.45, 2.75) is 19.8 Å². The third-order valence-corrected chi connectivity index (χ3v) is 2.59. The van der Waals surface area contributed by atoms with E-state index in [9.17, 15) is 14.0 Å². The highest BCUT2D eigenvalue weighted by Crippen LogP contribution is 2.19. The zero-order chi connectivity index (χ0) is 13.0. The van der Waals surface area contributed by atoms with E-state index < -0.39 is 11.8 Å². The maximum absolute atomic E-state index is 12.9. The largest absolute Gasteiger partial charge is 0.481 e. The highest BCUT2D eigenvalue weighted by molar-refractivity contribution is 6.31. The minimum Gasteiger partial charge on any atom is -0.481 e. The monoisotopic (exact) mass is 258 g/mol. The number of carbonyl (C=O) groups is 2. The molecule has 5 heteroatoms. The number of carbonyl (C=O) groups excluding carboxylic acids is 1. The smallest absolute Gasteiger partial charge is 0.303 e. The first kappa shape index (κ1) is 13.6. The molecule has 0 aliphatic heterocycles. The van der Waals surface area contributed by atoms with Crippen molar-refractivity contribution < 1.29 is 19.1 Å². The van der Waals surface area contributed by atoms with Crippen molar-refractivity contribution in [3.8, 4) is 0 Å². The number of hydrogen-bond donors (Lipinski definition) is 1. The number of carboxylic acids is 1. The predicted molar refractivity (Wildman–Crippen MR) is 61.8 cm³/mol. The fraction of sp³-hybridized carbons (Fsp3) is 0.333. The van der Waals surface area contributed by atoms with Crippen LogP contribution in [0.25, 0.3) is 0 Å². The third-order valence-electron chi connectivity index (χ3n) is 2.30. The van der Waals surface area contributed by atoms with Crippen LogP contribution in [0.3, 0.4) is 0 Å². The van der Waals surface area contributed by atoms with Crippen LogP contribution in [-0.4, -0.2) is 16.9 Å². The number of hydrogen-bond acceptors (Lipinski definition) is 2. The Kier molecular flexibility index (Phi) is 4.63. The molecule has 0 fully saturated rings. The molecular weight excluding hydrogens is 247 g/mol. The summed E-state index contributed by atoms with van der Waals surface area (Å²) in [5.41, 5.74) is 0.300. The molecule has 1 atom stereocenters. The summed E-state index contributed by atoms with van der Waals surface area (Å²) in [7, 11) is 0. The van der Waals surface area contributed by atoms with Crippen LogP contribution < -0.4 is 0 Å². The molecule has 0 amide bonds. The van der Waals surface area contributed by atoms with Gasteiger partial charge in [-0.3, -0.25) is 9.59 Å². The van der Waals surface area contributed by atoms with Gasteiger partial charge < -0.3 is 5.11 Å². The van der Waals surface area contributed by atoms with E-state index in [0.717, 1.165) is 6.07 Å². The molecule has 0 radical (unpaired) electrons. The van der Waals surface area contributed by atoms with Gasteiger partial charge >= 0.3 is 5.97 Å². The minimum atomic E-state index is -0.942. The van der Waals surface area contributed by atoms with Crippen molar-refractivity contribution >= 4 is 23.4 Å². The highest BCUT2D eigenvalue weighted by atomic mass is 35.5. The second-order valence-corrected chi connectivity index (χ2v) is 4.37. The molecule has 0 heterocycles. The molecule has 92 valence electrons. The molecule has 0 saturated heterocycles. The number of halogens is 2. The zero-order valence-electron chi connectivity index (χ0n) is 9.24. The SMILES string of the molecule is CC(CC(=O)O)CC(=O)c1ccc(F)c(Cl)c1. The Labute approximate surface area is 103 Å². The minimum absolute atomic E-state index is 0.0688. The fourth-order valence-electron chi connectivity index (χ4n) is 1.47. The summed E-state index contributed by atoms with van der Waals surface area (Å²) in [5.74, 6) is -2.02. The summed E-state index contributed by atoms with van der Waals surface area (Å²) < 4.78 is 12.9. The van der Waals surface area contributed by atoms with Gasteiger partial charge in [0.25, 0.3) is 0 Å². The summed E-state index contributed by atoms with van der Waals surface area (Å²) in [4.78, 5) is 22.2. The maximum Gasteiger partial charge on any atom is 0.303 e. The molecule has 1 aromatic rings. The van der Waals surface area contributed by atoms with Crippen molar-refractivity contribution in [3.05, 3.63) is 34.6 Å². The Bertz CT molecular complexity index is 445. The Balaban J connectivity index is 2.70. The van der Waals surface area contributed by atoms with E-state index in [1.807, 2.05) is 0 Å². The quantitative estimate of drug-likeness (QED) is 0.826. The van der Waals surface area contributed by atoms with Gasteiger partial charge in [-0.05, 0) is 24.1 Å². The van der Waals surface area contributed by atoms with E-state index >= 15 is 0 Å². The van der Waals surface area contributed by atoms with Crippen LogP contribution in [0.15, 0.2) is 18.2 Å². The lowest BCUT2D eigenvalue weighted by Crippen LogP contribution is -2.10. The molecule has 1 unspecified atom stereocenters. The molecule has 0 aromatic heterocycles. The molecule has 1 aromatic carbocycles. The maximum atomic E-state index is 12.9. The Morgan fingerprint density at radius 2 is 2.06 bits per heavy atom. The van der Waals surface area contributed by atoms with Crippen molar-refractivity contribution in [3.63, 3.8) is 0 Å². The van der Waals surface area contributed by atoms with Crippen molar-refractivity contribution in [1.29, 1.82) is 0 Å². The van der Waals surface area contributed by atoms with Gasteiger partial charge in [-0.2, -0.15) is 0 Å². The van der Waals surface area contributed by atoms with Crippen LogP contribution in [-0.2, 0) is 4.79 Å². The second-order valence-electron chi connectivity index (χ2n) is 3.96. The zero-order valence-corrected chi connectivity index (χ0v) is 10.00. The van der Waals surface area contributed by atoms with Crippen LogP contribution in [0.1, 0.15) is 30.1 Å². The van der Waals surface area contributed by atoms with Crippen molar-refractivity contribution in [2.24, 2.45) is 5.92 Å². The van der Waals surface area contributed by atoms with Gasteiger partial charge in [-0.15, -0.1) is 0 Å². The molecule has 1 N–H and O–H groups in total. The summed E-state index contributed by atoms with van der Waals surface area (Å²) in [6.45, 7) is 1.68. The van der Waals surface area contributed by atoms with Gasteiger partial charge in [0.05, 0.1) is 5.02 Å². The number of benzene rings is 1. The molecule has 1 rings (SSSR count).